The molecule has 3 aromatic rings. The second-order valence-corrected chi connectivity index (χ2v) is 8.13. The SMILES string of the molecule is CC(C)NC(=O)[C@H](C)N(Cc1ccccc1Cl)C(=O)COc1cccc2ccccc12. The molecule has 2 amide bonds. The molecule has 1 N–H and O–H groups in total. The van der Waals surface area contributed by atoms with Crippen LogP contribution in [-0.4, -0.2) is 35.4 Å². The fourth-order valence-corrected chi connectivity index (χ4v) is 3.54. The fraction of sp³-hybridized carbons (Fsp3) is 0.280. The summed E-state index contributed by atoms with van der Waals surface area (Å²) in [6, 6.07) is 20.1. The van der Waals surface area contributed by atoms with Gasteiger partial charge in [0.25, 0.3) is 5.91 Å². The molecule has 0 radical (unpaired) electrons. The molecule has 0 saturated heterocycles. The number of benzene rings is 3. The number of hydrogen-bond acceptors (Lipinski definition) is 3. The van der Waals surface area contributed by atoms with Crippen molar-refractivity contribution in [2.24, 2.45) is 0 Å². The second-order valence-electron chi connectivity index (χ2n) is 7.72. The summed E-state index contributed by atoms with van der Waals surface area (Å²) >= 11 is 6.31. The van der Waals surface area contributed by atoms with E-state index >= 15 is 0 Å². The van der Waals surface area contributed by atoms with Crippen LogP contribution in [0.5, 0.6) is 5.75 Å². The molecular formula is C25H27ClN2O3. The van der Waals surface area contributed by atoms with E-state index in [1.54, 1.807) is 13.0 Å². The Morgan fingerprint density at radius 3 is 2.39 bits per heavy atom. The van der Waals surface area contributed by atoms with Gasteiger partial charge in [0.2, 0.25) is 5.91 Å². The van der Waals surface area contributed by atoms with Crippen LogP contribution in [0.4, 0.5) is 0 Å². The van der Waals surface area contributed by atoms with E-state index in [9.17, 15) is 9.59 Å². The summed E-state index contributed by atoms with van der Waals surface area (Å²) in [5.74, 6) is 0.114. The Balaban J connectivity index is 1.81. The maximum Gasteiger partial charge on any atom is 0.261 e. The van der Waals surface area contributed by atoms with E-state index in [2.05, 4.69) is 5.32 Å². The van der Waals surface area contributed by atoms with E-state index in [0.29, 0.717) is 10.8 Å². The number of ether oxygens (including phenoxy) is 1. The van der Waals surface area contributed by atoms with Crippen LogP contribution in [-0.2, 0) is 16.1 Å². The highest BCUT2D eigenvalue weighted by Crippen LogP contribution is 2.25. The van der Waals surface area contributed by atoms with Crippen molar-refractivity contribution in [2.75, 3.05) is 6.61 Å². The van der Waals surface area contributed by atoms with Crippen molar-refractivity contribution in [1.29, 1.82) is 0 Å². The van der Waals surface area contributed by atoms with Gasteiger partial charge in [-0.15, -0.1) is 0 Å². The number of amides is 2. The Morgan fingerprint density at radius 1 is 0.968 bits per heavy atom. The summed E-state index contributed by atoms with van der Waals surface area (Å²) in [6.45, 7) is 5.51. The first kappa shape index (κ1) is 22.6. The predicted molar refractivity (Wildman–Crippen MR) is 124 cm³/mol. The highest BCUT2D eigenvalue weighted by molar-refractivity contribution is 6.31. The number of halogens is 1. The molecule has 0 aliphatic rings. The van der Waals surface area contributed by atoms with E-state index in [0.717, 1.165) is 16.3 Å². The van der Waals surface area contributed by atoms with Crippen LogP contribution in [0.25, 0.3) is 10.8 Å². The summed E-state index contributed by atoms with van der Waals surface area (Å²) in [4.78, 5) is 27.3. The Labute approximate surface area is 188 Å². The molecule has 0 aliphatic heterocycles. The smallest absolute Gasteiger partial charge is 0.261 e. The van der Waals surface area contributed by atoms with Crippen molar-refractivity contribution in [1.82, 2.24) is 10.2 Å². The molecule has 0 heterocycles. The van der Waals surface area contributed by atoms with Crippen LogP contribution in [0.2, 0.25) is 5.02 Å². The van der Waals surface area contributed by atoms with E-state index in [4.69, 9.17) is 16.3 Å². The molecule has 0 saturated carbocycles. The molecule has 0 spiro atoms. The van der Waals surface area contributed by atoms with E-state index < -0.39 is 6.04 Å². The van der Waals surface area contributed by atoms with Crippen LogP contribution in [0, 0.1) is 0 Å². The van der Waals surface area contributed by atoms with Gasteiger partial charge in [-0.05, 0) is 43.9 Å². The lowest BCUT2D eigenvalue weighted by Crippen LogP contribution is -2.50. The number of fused-ring (bicyclic) bond motifs is 1. The summed E-state index contributed by atoms with van der Waals surface area (Å²) in [5.41, 5.74) is 0.770. The summed E-state index contributed by atoms with van der Waals surface area (Å²) in [5, 5.41) is 5.38. The van der Waals surface area contributed by atoms with Gasteiger partial charge in [0.1, 0.15) is 11.8 Å². The monoisotopic (exact) mass is 438 g/mol. The first-order valence-corrected chi connectivity index (χ1v) is 10.7. The summed E-state index contributed by atoms with van der Waals surface area (Å²) in [7, 11) is 0. The van der Waals surface area contributed by atoms with Crippen LogP contribution in [0.3, 0.4) is 0 Å². The fourth-order valence-electron chi connectivity index (χ4n) is 3.34. The third-order valence-electron chi connectivity index (χ3n) is 5.00. The largest absolute Gasteiger partial charge is 0.483 e. The van der Waals surface area contributed by atoms with Gasteiger partial charge < -0.3 is 15.0 Å². The van der Waals surface area contributed by atoms with Crippen LogP contribution in [0.1, 0.15) is 26.3 Å². The lowest BCUT2D eigenvalue weighted by molar-refractivity contribution is -0.142. The van der Waals surface area contributed by atoms with Gasteiger partial charge >= 0.3 is 0 Å². The highest BCUT2D eigenvalue weighted by atomic mass is 35.5. The lowest BCUT2D eigenvalue weighted by Gasteiger charge is -2.29. The topological polar surface area (TPSA) is 58.6 Å². The standard InChI is InChI=1S/C25H27ClN2O3/c1-17(2)27-25(30)18(3)28(15-20-10-5-7-13-22(20)26)24(29)16-31-23-14-8-11-19-9-4-6-12-21(19)23/h4-14,17-18H,15-16H2,1-3H3,(H,27,30)/t18-/m0/s1. The molecule has 0 fully saturated rings. The van der Waals surface area contributed by atoms with Crippen molar-refractivity contribution < 1.29 is 14.3 Å². The van der Waals surface area contributed by atoms with E-state index in [-0.39, 0.29) is 31.0 Å². The number of hydrogen-bond donors (Lipinski definition) is 1. The summed E-state index contributed by atoms with van der Waals surface area (Å²) < 4.78 is 5.89. The average Bonchev–Trinajstić information content (AvgIpc) is 2.76. The molecule has 0 aliphatic carbocycles. The minimum absolute atomic E-state index is 0.0286. The van der Waals surface area contributed by atoms with E-state index in [1.165, 1.54) is 4.90 Å². The molecule has 6 heteroatoms. The predicted octanol–water partition coefficient (Wildman–Crippen LogP) is 4.81. The van der Waals surface area contributed by atoms with E-state index in [1.807, 2.05) is 74.5 Å². The molecule has 3 rings (SSSR count). The van der Waals surface area contributed by atoms with Crippen molar-refractivity contribution in [3.05, 3.63) is 77.3 Å². The molecule has 5 nitrogen and oxygen atoms in total. The lowest BCUT2D eigenvalue weighted by atomic mass is 10.1. The Morgan fingerprint density at radius 2 is 1.65 bits per heavy atom. The normalized spacial score (nSPS) is 11.9. The van der Waals surface area contributed by atoms with Gasteiger partial charge in [-0.25, -0.2) is 0 Å². The molecule has 31 heavy (non-hydrogen) atoms. The molecule has 3 aromatic carbocycles. The van der Waals surface area contributed by atoms with Gasteiger partial charge in [-0.3, -0.25) is 9.59 Å². The summed E-state index contributed by atoms with van der Waals surface area (Å²) in [6.07, 6.45) is 0. The second kappa shape index (κ2) is 10.3. The Bertz CT molecular complexity index is 1060. The van der Waals surface area contributed by atoms with Gasteiger partial charge in [0.05, 0.1) is 0 Å². The number of nitrogens with zero attached hydrogens (tertiary/aromatic N) is 1. The molecule has 0 bridgehead atoms. The number of carbonyl (C=O) groups is 2. The van der Waals surface area contributed by atoms with Crippen LogP contribution < -0.4 is 10.1 Å². The first-order valence-electron chi connectivity index (χ1n) is 10.3. The maximum absolute atomic E-state index is 13.2. The van der Waals surface area contributed by atoms with Gasteiger partial charge in [-0.2, -0.15) is 0 Å². The Hall–Kier alpha value is -3.05. The molecular weight excluding hydrogens is 412 g/mol. The van der Waals surface area contributed by atoms with Crippen molar-refractivity contribution in [3.8, 4) is 5.75 Å². The van der Waals surface area contributed by atoms with Gasteiger partial charge in [0, 0.05) is 23.0 Å². The average molecular weight is 439 g/mol. The minimum Gasteiger partial charge on any atom is -0.483 e. The minimum atomic E-state index is -0.678. The third kappa shape index (κ3) is 5.76. The van der Waals surface area contributed by atoms with Crippen LogP contribution in [0.15, 0.2) is 66.7 Å². The molecule has 162 valence electrons. The zero-order chi connectivity index (χ0) is 22.4. The first-order chi connectivity index (χ1) is 14.9. The van der Waals surface area contributed by atoms with Crippen LogP contribution >= 0.6 is 11.6 Å². The quantitative estimate of drug-likeness (QED) is 0.548. The Kier molecular flexibility index (Phi) is 7.53. The third-order valence-corrected chi connectivity index (χ3v) is 5.37. The molecule has 1 atom stereocenters. The highest BCUT2D eigenvalue weighted by Gasteiger charge is 2.27. The van der Waals surface area contributed by atoms with Crippen molar-refractivity contribution in [2.45, 2.75) is 39.4 Å². The zero-order valence-electron chi connectivity index (χ0n) is 18.0. The van der Waals surface area contributed by atoms with Crippen molar-refractivity contribution in [3.63, 3.8) is 0 Å². The molecule has 0 aromatic heterocycles. The number of rotatable bonds is 8. The zero-order valence-corrected chi connectivity index (χ0v) is 18.7. The van der Waals surface area contributed by atoms with Gasteiger partial charge in [-0.1, -0.05) is 66.2 Å². The molecule has 0 unspecified atom stereocenters. The van der Waals surface area contributed by atoms with Crippen molar-refractivity contribution >= 4 is 34.2 Å². The number of carbonyl (C=O) groups excluding carboxylic acids is 2. The number of nitrogens with one attached hydrogen (secondary N) is 1. The maximum atomic E-state index is 13.2. The van der Waals surface area contributed by atoms with Gasteiger partial charge in [0.15, 0.2) is 6.61 Å².